The van der Waals surface area contributed by atoms with Crippen molar-refractivity contribution < 1.29 is 0 Å². The number of halogens is 1. The molecular formula is C17H29IN4S2. The van der Waals surface area contributed by atoms with Crippen molar-refractivity contribution in [3.63, 3.8) is 0 Å². The lowest BCUT2D eigenvalue weighted by atomic mass is 9.87. The maximum atomic E-state index is 4.62. The summed E-state index contributed by atoms with van der Waals surface area (Å²) in [6.07, 6.45) is 6.94. The van der Waals surface area contributed by atoms with Gasteiger partial charge in [0.25, 0.3) is 0 Å². The van der Waals surface area contributed by atoms with E-state index >= 15 is 0 Å². The molecule has 4 nitrogen and oxygen atoms in total. The van der Waals surface area contributed by atoms with Crippen LogP contribution in [0.25, 0.3) is 0 Å². The van der Waals surface area contributed by atoms with Gasteiger partial charge in [-0.1, -0.05) is 19.3 Å². The molecule has 1 aliphatic carbocycles. The van der Waals surface area contributed by atoms with Crippen molar-refractivity contribution in [2.45, 2.75) is 57.2 Å². The van der Waals surface area contributed by atoms with Crippen LogP contribution in [0.1, 0.15) is 47.7 Å². The zero-order chi connectivity index (χ0) is 16.3. The number of nitrogens with one attached hydrogen (secondary N) is 1. The number of thiazole rings is 1. The Hall–Kier alpha value is -0.0200. The van der Waals surface area contributed by atoms with Crippen LogP contribution in [0, 0.1) is 13.8 Å². The van der Waals surface area contributed by atoms with Gasteiger partial charge in [0, 0.05) is 35.5 Å². The molecule has 2 heterocycles. The first-order valence-corrected chi connectivity index (χ1v) is 10.4. The van der Waals surface area contributed by atoms with Crippen molar-refractivity contribution in [1.82, 2.24) is 15.2 Å². The molecule has 0 amide bonds. The fourth-order valence-electron chi connectivity index (χ4n) is 3.63. The zero-order valence-electron chi connectivity index (χ0n) is 14.9. The fourth-order valence-corrected chi connectivity index (χ4v) is 6.07. The van der Waals surface area contributed by atoms with Gasteiger partial charge in [-0.15, -0.1) is 35.3 Å². The van der Waals surface area contributed by atoms with Gasteiger partial charge in [-0.2, -0.15) is 11.8 Å². The van der Waals surface area contributed by atoms with Gasteiger partial charge in [0.1, 0.15) is 5.01 Å². The molecule has 3 rings (SSSR count). The van der Waals surface area contributed by atoms with Gasteiger partial charge in [0.05, 0.1) is 12.2 Å². The Bertz CT molecular complexity index is 542. The van der Waals surface area contributed by atoms with E-state index in [2.05, 4.69) is 45.8 Å². The van der Waals surface area contributed by atoms with Crippen LogP contribution in [0.5, 0.6) is 0 Å². The highest BCUT2D eigenvalue weighted by Gasteiger charge is 2.38. The summed E-state index contributed by atoms with van der Waals surface area (Å²) in [4.78, 5) is 12.9. The predicted octanol–water partition coefficient (Wildman–Crippen LogP) is 4.21. The Balaban J connectivity index is 0.00000208. The Morgan fingerprint density at radius 3 is 2.67 bits per heavy atom. The summed E-state index contributed by atoms with van der Waals surface area (Å²) in [6.45, 7) is 7.25. The number of aromatic nitrogens is 1. The molecule has 1 N–H and O–H groups in total. The Labute approximate surface area is 171 Å². The monoisotopic (exact) mass is 480 g/mol. The quantitative estimate of drug-likeness (QED) is 0.391. The summed E-state index contributed by atoms with van der Waals surface area (Å²) in [7, 11) is 1.90. The minimum Gasteiger partial charge on any atom is -0.350 e. The molecule has 1 aliphatic heterocycles. The lowest BCUT2D eigenvalue weighted by molar-refractivity contribution is 0.293. The molecule has 1 saturated carbocycles. The average molecular weight is 480 g/mol. The molecule has 2 fully saturated rings. The number of rotatable bonds is 2. The maximum Gasteiger partial charge on any atom is 0.194 e. The number of thioether (sulfide) groups is 1. The summed E-state index contributed by atoms with van der Waals surface area (Å²) in [5.41, 5.74) is 1.15. The number of hydrogen-bond donors (Lipinski definition) is 1. The Kier molecular flexibility index (Phi) is 7.67. The lowest BCUT2D eigenvalue weighted by Gasteiger charge is -2.45. The molecule has 0 unspecified atom stereocenters. The molecule has 0 atom stereocenters. The van der Waals surface area contributed by atoms with Crippen molar-refractivity contribution in [2.75, 3.05) is 25.9 Å². The summed E-state index contributed by atoms with van der Waals surface area (Å²) in [5.74, 6) is 2.26. The van der Waals surface area contributed by atoms with Crippen LogP contribution in [0.3, 0.4) is 0 Å². The van der Waals surface area contributed by atoms with Crippen molar-refractivity contribution >= 4 is 53.0 Å². The first kappa shape index (κ1) is 20.3. The van der Waals surface area contributed by atoms with Gasteiger partial charge in [-0.25, -0.2) is 4.98 Å². The third-order valence-corrected chi connectivity index (χ3v) is 7.60. The standard InChI is InChI=1S/C17H28N4S2.HI/c1-13-14(2)23-15(20-13)11-19-16(18-3)21-9-10-22-17(12-21)7-5-4-6-8-17;/h4-12H2,1-3H3,(H,18,19);1H. The number of hydrogen-bond acceptors (Lipinski definition) is 4. The Morgan fingerprint density at radius 1 is 1.29 bits per heavy atom. The van der Waals surface area contributed by atoms with Crippen molar-refractivity contribution in [2.24, 2.45) is 4.99 Å². The summed E-state index contributed by atoms with van der Waals surface area (Å²) < 4.78 is 0.475. The highest BCUT2D eigenvalue weighted by Crippen LogP contribution is 2.42. The van der Waals surface area contributed by atoms with Crippen molar-refractivity contribution in [3.05, 3.63) is 15.6 Å². The van der Waals surface area contributed by atoms with Crippen LogP contribution in [0.2, 0.25) is 0 Å². The summed E-state index contributed by atoms with van der Waals surface area (Å²) >= 11 is 3.99. The second-order valence-electron chi connectivity index (χ2n) is 6.66. The van der Waals surface area contributed by atoms with Gasteiger partial charge in [0.2, 0.25) is 0 Å². The number of nitrogens with zero attached hydrogens (tertiary/aromatic N) is 3. The molecule has 1 aromatic heterocycles. The van der Waals surface area contributed by atoms with E-state index in [-0.39, 0.29) is 24.0 Å². The van der Waals surface area contributed by atoms with E-state index in [0.29, 0.717) is 4.75 Å². The van der Waals surface area contributed by atoms with Crippen molar-refractivity contribution in [1.29, 1.82) is 0 Å². The van der Waals surface area contributed by atoms with Gasteiger partial charge < -0.3 is 10.2 Å². The van der Waals surface area contributed by atoms with Crippen LogP contribution >= 0.6 is 47.1 Å². The third-order valence-electron chi connectivity index (χ3n) is 5.00. The molecule has 7 heteroatoms. The second-order valence-corrected chi connectivity index (χ2v) is 9.51. The normalized spacial score (nSPS) is 20.8. The number of guanidine groups is 1. The highest BCUT2D eigenvalue weighted by atomic mass is 127. The lowest BCUT2D eigenvalue weighted by Crippen LogP contribution is -2.53. The van der Waals surface area contributed by atoms with E-state index in [4.69, 9.17) is 0 Å². The molecule has 1 aromatic rings. The smallest absolute Gasteiger partial charge is 0.194 e. The van der Waals surface area contributed by atoms with E-state index in [1.165, 1.54) is 42.7 Å². The summed E-state index contributed by atoms with van der Waals surface area (Å²) in [5, 5.41) is 4.69. The first-order valence-electron chi connectivity index (χ1n) is 8.64. The molecule has 0 radical (unpaired) electrons. The number of aliphatic imine (C=N–C) groups is 1. The molecular weight excluding hydrogens is 451 g/mol. The van der Waals surface area contributed by atoms with E-state index < -0.39 is 0 Å². The molecule has 0 bridgehead atoms. The van der Waals surface area contributed by atoms with Crippen molar-refractivity contribution in [3.8, 4) is 0 Å². The molecule has 1 saturated heterocycles. The van der Waals surface area contributed by atoms with Gasteiger partial charge in [-0.05, 0) is 26.7 Å². The van der Waals surface area contributed by atoms with Gasteiger partial charge in [-0.3, -0.25) is 4.99 Å². The molecule has 136 valence electrons. The van der Waals surface area contributed by atoms with E-state index in [1.54, 1.807) is 11.3 Å². The molecule has 0 aromatic carbocycles. The zero-order valence-corrected chi connectivity index (χ0v) is 18.9. The molecule has 2 aliphatic rings. The van der Waals surface area contributed by atoms with Crippen LogP contribution < -0.4 is 5.32 Å². The van der Waals surface area contributed by atoms with Crippen LogP contribution in [-0.2, 0) is 6.54 Å². The highest BCUT2D eigenvalue weighted by molar-refractivity contribution is 14.0. The second kappa shape index (κ2) is 9.07. The van der Waals surface area contributed by atoms with Crippen LogP contribution in [-0.4, -0.2) is 46.5 Å². The predicted molar refractivity (Wildman–Crippen MR) is 117 cm³/mol. The van der Waals surface area contributed by atoms with Crippen LogP contribution in [0.15, 0.2) is 4.99 Å². The largest absolute Gasteiger partial charge is 0.350 e. The van der Waals surface area contributed by atoms with Gasteiger partial charge in [0.15, 0.2) is 5.96 Å². The fraction of sp³-hybridized carbons (Fsp3) is 0.765. The molecule has 24 heavy (non-hydrogen) atoms. The van der Waals surface area contributed by atoms with E-state index in [1.807, 2.05) is 7.05 Å². The van der Waals surface area contributed by atoms with Gasteiger partial charge >= 0.3 is 0 Å². The third kappa shape index (κ3) is 4.78. The maximum absolute atomic E-state index is 4.62. The Morgan fingerprint density at radius 2 is 2.04 bits per heavy atom. The topological polar surface area (TPSA) is 40.5 Å². The molecule has 1 spiro atoms. The van der Waals surface area contributed by atoms with Crippen LogP contribution in [0.4, 0.5) is 0 Å². The SMILES string of the molecule is CN=C(NCc1nc(C)c(C)s1)N1CCSC2(CCCCC2)C1.I. The average Bonchev–Trinajstić information content (AvgIpc) is 2.87. The minimum absolute atomic E-state index is 0. The number of aryl methyl sites for hydroxylation is 2. The summed E-state index contributed by atoms with van der Waals surface area (Å²) in [6, 6.07) is 0. The van der Waals surface area contributed by atoms with E-state index in [9.17, 15) is 0 Å². The van der Waals surface area contributed by atoms with E-state index in [0.717, 1.165) is 36.3 Å². The minimum atomic E-state index is 0. The first-order chi connectivity index (χ1) is 11.1.